The van der Waals surface area contributed by atoms with Crippen molar-refractivity contribution >= 4 is 11.5 Å². The van der Waals surface area contributed by atoms with Crippen LogP contribution in [-0.2, 0) is 6.54 Å². The molecule has 5 nitrogen and oxygen atoms in total. The number of aliphatic imine (C=N–C) groups is 1. The van der Waals surface area contributed by atoms with E-state index in [1.165, 1.54) is 12.4 Å². The fourth-order valence-corrected chi connectivity index (χ4v) is 3.32. The Morgan fingerprint density at radius 1 is 1.11 bits per heavy atom. The summed E-state index contributed by atoms with van der Waals surface area (Å²) >= 11 is 0. The summed E-state index contributed by atoms with van der Waals surface area (Å²) in [6.45, 7) is 3.90. The van der Waals surface area contributed by atoms with Crippen LogP contribution in [-0.4, -0.2) is 47.2 Å². The summed E-state index contributed by atoms with van der Waals surface area (Å²) in [5.41, 5.74) is 2.60. The van der Waals surface area contributed by atoms with Crippen molar-refractivity contribution in [3.05, 3.63) is 47.2 Å². The second kappa shape index (κ2) is 6.83. The van der Waals surface area contributed by atoms with Crippen molar-refractivity contribution in [3.63, 3.8) is 0 Å². The molecule has 0 bridgehead atoms. The van der Waals surface area contributed by atoms with Gasteiger partial charge in [0.15, 0.2) is 23.9 Å². The maximum atomic E-state index is 14.2. The molecule has 4 rings (SSSR count). The monoisotopic (exact) mass is 376 g/mol. The Bertz CT molecular complexity index is 893. The van der Waals surface area contributed by atoms with Gasteiger partial charge in [-0.15, -0.1) is 0 Å². The normalized spacial score (nSPS) is 21.6. The van der Waals surface area contributed by atoms with Crippen LogP contribution in [0.15, 0.2) is 29.5 Å². The lowest BCUT2D eigenvalue weighted by Gasteiger charge is -2.16. The molecule has 1 aromatic carbocycles. The lowest BCUT2D eigenvalue weighted by molar-refractivity contribution is 0.217. The van der Waals surface area contributed by atoms with Gasteiger partial charge in [-0.3, -0.25) is 4.99 Å². The van der Waals surface area contributed by atoms with Crippen LogP contribution in [0.1, 0.15) is 30.7 Å². The van der Waals surface area contributed by atoms with Crippen molar-refractivity contribution in [2.45, 2.75) is 38.8 Å². The van der Waals surface area contributed by atoms with E-state index < -0.39 is 18.2 Å². The predicted octanol–water partition coefficient (Wildman–Crippen LogP) is 3.25. The highest BCUT2D eigenvalue weighted by molar-refractivity contribution is 6.14. The zero-order valence-corrected chi connectivity index (χ0v) is 15.0. The molecule has 0 spiro atoms. The topological polar surface area (TPSA) is 50.6 Å². The van der Waals surface area contributed by atoms with E-state index in [0.29, 0.717) is 23.8 Å². The van der Waals surface area contributed by atoms with Crippen molar-refractivity contribution in [3.8, 4) is 5.75 Å². The third-order valence-electron chi connectivity index (χ3n) is 4.58. The molecular weight excluding hydrogens is 357 g/mol. The van der Waals surface area contributed by atoms with E-state index in [1.807, 2.05) is 13.8 Å². The first-order valence-electron chi connectivity index (χ1n) is 8.81. The van der Waals surface area contributed by atoms with Gasteiger partial charge in [0.05, 0.1) is 37.1 Å². The third-order valence-corrected chi connectivity index (χ3v) is 4.58. The molecule has 8 heteroatoms. The number of fused-ring (bicyclic) bond motifs is 1. The highest BCUT2D eigenvalue weighted by Gasteiger charge is 2.34. The average Bonchev–Trinajstić information content (AvgIpc) is 3.18. The highest BCUT2D eigenvalue weighted by atomic mass is 19.2. The quantitative estimate of drug-likeness (QED) is 0.822. The molecule has 2 aliphatic heterocycles. The van der Waals surface area contributed by atoms with Gasteiger partial charge < -0.3 is 9.64 Å². The van der Waals surface area contributed by atoms with E-state index in [-0.39, 0.29) is 24.9 Å². The molecule has 2 aromatic rings. The lowest BCUT2D eigenvalue weighted by atomic mass is 10.0. The zero-order chi connectivity index (χ0) is 19.1. The molecule has 0 radical (unpaired) electrons. The number of ether oxygens (including phenoxy) is 1. The zero-order valence-electron chi connectivity index (χ0n) is 15.0. The van der Waals surface area contributed by atoms with Gasteiger partial charge in [-0.25, -0.2) is 23.1 Å². The molecule has 0 amide bonds. The number of hydrogen-bond donors (Lipinski definition) is 0. The van der Waals surface area contributed by atoms with Gasteiger partial charge in [0.2, 0.25) is 0 Å². The number of halogens is 3. The number of anilines is 1. The van der Waals surface area contributed by atoms with Crippen LogP contribution in [0, 0.1) is 5.82 Å². The van der Waals surface area contributed by atoms with Gasteiger partial charge in [0, 0.05) is 11.6 Å². The largest absolute Gasteiger partial charge is 0.488 e. The van der Waals surface area contributed by atoms with Crippen molar-refractivity contribution in [1.29, 1.82) is 0 Å². The van der Waals surface area contributed by atoms with Crippen molar-refractivity contribution in [2.75, 3.05) is 18.0 Å². The molecule has 2 aliphatic rings. The van der Waals surface area contributed by atoms with Gasteiger partial charge >= 0.3 is 0 Å². The van der Waals surface area contributed by atoms with Gasteiger partial charge in [0.1, 0.15) is 12.1 Å². The van der Waals surface area contributed by atoms with E-state index in [0.717, 1.165) is 11.1 Å². The maximum Gasteiger partial charge on any atom is 0.165 e. The molecule has 0 aliphatic carbocycles. The maximum absolute atomic E-state index is 14.2. The number of benzene rings is 1. The summed E-state index contributed by atoms with van der Waals surface area (Å²) in [6, 6.07) is 4.71. The number of hydrogen-bond acceptors (Lipinski definition) is 5. The molecule has 1 saturated heterocycles. The van der Waals surface area contributed by atoms with E-state index in [4.69, 9.17) is 4.74 Å². The number of rotatable bonds is 4. The fourth-order valence-electron chi connectivity index (χ4n) is 3.32. The number of aromatic nitrogens is 2. The molecular formula is C19H19F3N4O. The Labute approximate surface area is 154 Å². The van der Waals surface area contributed by atoms with Crippen LogP contribution in [0.2, 0.25) is 0 Å². The van der Waals surface area contributed by atoms with Gasteiger partial charge in [-0.2, -0.15) is 0 Å². The lowest BCUT2D eigenvalue weighted by Crippen LogP contribution is -2.22. The first-order valence-corrected chi connectivity index (χ1v) is 8.81. The Balaban J connectivity index is 1.66. The van der Waals surface area contributed by atoms with E-state index in [9.17, 15) is 13.2 Å². The number of alkyl halides is 2. The minimum atomic E-state index is -1.52. The van der Waals surface area contributed by atoms with Gasteiger partial charge in [-0.05, 0) is 31.5 Å². The van der Waals surface area contributed by atoms with E-state index in [1.54, 1.807) is 17.0 Å². The predicted molar refractivity (Wildman–Crippen MR) is 95.5 cm³/mol. The second-order valence-electron chi connectivity index (χ2n) is 6.97. The summed E-state index contributed by atoms with van der Waals surface area (Å²) in [5.74, 6) is 0.176. The summed E-state index contributed by atoms with van der Waals surface area (Å²) < 4.78 is 46.7. The average molecular weight is 376 g/mol. The first kappa shape index (κ1) is 17.8. The minimum Gasteiger partial charge on any atom is -0.488 e. The Morgan fingerprint density at radius 3 is 2.56 bits per heavy atom. The SMILES string of the molecule is CC(C)Oc1cc2c(cc1F)CN=C2c1cc(N2C[C@H](F)[C@@H](F)C2)ncn1. The van der Waals surface area contributed by atoms with Crippen LogP contribution in [0.4, 0.5) is 19.0 Å². The molecule has 0 N–H and O–H groups in total. The van der Waals surface area contributed by atoms with Crippen molar-refractivity contribution in [2.24, 2.45) is 4.99 Å². The number of nitrogens with zero attached hydrogens (tertiary/aromatic N) is 4. The Morgan fingerprint density at radius 2 is 1.85 bits per heavy atom. The smallest absolute Gasteiger partial charge is 0.165 e. The van der Waals surface area contributed by atoms with Crippen molar-refractivity contribution < 1.29 is 17.9 Å². The third kappa shape index (κ3) is 3.36. The summed E-state index contributed by atoms with van der Waals surface area (Å²) in [4.78, 5) is 14.4. The standard InChI is InChI=1S/C19H19F3N4O/c1-10(2)27-17-4-12-11(3-13(17)20)6-23-19(12)16-5-18(25-9-24-16)26-7-14(21)15(22)8-26/h3-5,9-10,14-15H,6-8H2,1-2H3/t14-,15-/m0/s1. The summed E-state index contributed by atoms with van der Waals surface area (Å²) in [5, 5.41) is 0. The Hall–Kier alpha value is -2.64. The van der Waals surface area contributed by atoms with Crippen LogP contribution < -0.4 is 9.64 Å². The highest BCUT2D eigenvalue weighted by Crippen LogP contribution is 2.30. The molecule has 2 atom stereocenters. The first-order chi connectivity index (χ1) is 12.9. The van der Waals surface area contributed by atoms with Crippen LogP contribution >= 0.6 is 0 Å². The molecule has 27 heavy (non-hydrogen) atoms. The van der Waals surface area contributed by atoms with Crippen LogP contribution in [0.25, 0.3) is 0 Å². The minimum absolute atomic E-state index is 0.0434. The van der Waals surface area contributed by atoms with E-state index >= 15 is 0 Å². The molecule has 1 aromatic heterocycles. The molecule has 1 fully saturated rings. The van der Waals surface area contributed by atoms with Crippen molar-refractivity contribution in [1.82, 2.24) is 9.97 Å². The molecule has 0 unspecified atom stereocenters. The second-order valence-corrected chi connectivity index (χ2v) is 6.97. The van der Waals surface area contributed by atoms with Crippen LogP contribution in [0.3, 0.4) is 0 Å². The summed E-state index contributed by atoms with van der Waals surface area (Å²) in [7, 11) is 0. The summed E-state index contributed by atoms with van der Waals surface area (Å²) in [6.07, 6.45) is -1.86. The van der Waals surface area contributed by atoms with Crippen LogP contribution in [0.5, 0.6) is 5.75 Å². The van der Waals surface area contributed by atoms with Gasteiger partial charge in [0.25, 0.3) is 0 Å². The molecule has 142 valence electrons. The molecule has 3 heterocycles. The molecule has 0 saturated carbocycles. The Kier molecular flexibility index (Phi) is 4.49. The van der Waals surface area contributed by atoms with Gasteiger partial charge in [-0.1, -0.05) is 0 Å². The fraction of sp³-hybridized carbons (Fsp3) is 0.421. The van der Waals surface area contributed by atoms with E-state index in [2.05, 4.69) is 15.0 Å².